The fraction of sp³-hybridized carbons (Fsp3) is 0.0476. The van der Waals surface area contributed by atoms with Gasteiger partial charge < -0.3 is 15.6 Å². The lowest BCUT2D eigenvalue weighted by Gasteiger charge is -2.14. The number of nitrogen functional groups attached to an aromatic ring is 1. The first kappa shape index (κ1) is 20.9. The van der Waals surface area contributed by atoms with Crippen molar-refractivity contribution < 1.29 is 23.1 Å². The summed E-state index contributed by atoms with van der Waals surface area (Å²) in [5.74, 6) is -0.278. The molecular weight excluding hydrogens is 406 g/mol. The Morgan fingerprint density at radius 2 is 1.73 bits per heavy atom. The molecule has 5 N–H and O–H groups in total. The van der Waals surface area contributed by atoms with Crippen LogP contribution < -0.4 is 15.2 Å². The van der Waals surface area contributed by atoms with Gasteiger partial charge in [-0.2, -0.15) is 0 Å². The van der Waals surface area contributed by atoms with Crippen LogP contribution in [0, 0.1) is 5.41 Å². The van der Waals surface area contributed by atoms with E-state index in [0.29, 0.717) is 33.9 Å². The number of carboxylic acid groups (broad SMARTS) is 1. The van der Waals surface area contributed by atoms with Crippen LogP contribution in [0.4, 0.5) is 5.69 Å². The number of carbonyl (C=O) groups is 1. The largest absolute Gasteiger partial charge is 0.478 e. The number of nitrogens with one attached hydrogen (secondary N) is 2. The molecule has 0 saturated heterocycles. The highest BCUT2D eigenvalue weighted by molar-refractivity contribution is 7.92. The Bertz CT molecular complexity index is 1220. The molecule has 0 bridgehead atoms. The van der Waals surface area contributed by atoms with Crippen molar-refractivity contribution in [1.82, 2.24) is 0 Å². The van der Waals surface area contributed by atoms with Gasteiger partial charge in [0.1, 0.15) is 17.3 Å². The van der Waals surface area contributed by atoms with Gasteiger partial charge in [-0.25, -0.2) is 13.2 Å². The van der Waals surface area contributed by atoms with E-state index in [-0.39, 0.29) is 11.4 Å². The highest BCUT2D eigenvalue weighted by atomic mass is 32.2. The molecule has 0 atom stereocenters. The zero-order chi connectivity index (χ0) is 21.9. The Kier molecular flexibility index (Phi) is 5.74. The van der Waals surface area contributed by atoms with Crippen LogP contribution in [-0.2, 0) is 10.0 Å². The molecule has 0 aromatic heterocycles. The smallest absolute Gasteiger partial charge is 0.335 e. The number of benzene rings is 3. The number of anilines is 1. The van der Waals surface area contributed by atoms with Crippen LogP contribution in [0.15, 0.2) is 66.7 Å². The van der Waals surface area contributed by atoms with Gasteiger partial charge in [0.25, 0.3) is 0 Å². The van der Waals surface area contributed by atoms with Crippen LogP contribution in [0.25, 0.3) is 11.1 Å². The molecule has 3 rings (SSSR count). The molecule has 0 aliphatic carbocycles. The zero-order valence-electron chi connectivity index (χ0n) is 15.9. The Hall–Kier alpha value is -3.85. The second-order valence-corrected chi connectivity index (χ2v) is 8.26. The van der Waals surface area contributed by atoms with Crippen molar-refractivity contribution in [3.63, 3.8) is 0 Å². The number of hydrogen-bond donors (Lipinski definition) is 4. The molecule has 0 aliphatic rings. The standard InChI is InChI=1S/C21H19N3O5S/c1-30(27,28)24-16-7-10-19(29-17-8-5-13(6-9-17)20(22)23)18(12-16)14-3-2-4-15(11-14)21(25)26/h2-12,24H,1H3,(H3,22,23)(H,25,26). The second kappa shape index (κ2) is 8.26. The Labute approximate surface area is 173 Å². The Morgan fingerprint density at radius 1 is 1.03 bits per heavy atom. The van der Waals surface area contributed by atoms with E-state index in [0.717, 1.165) is 6.26 Å². The van der Waals surface area contributed by atoms with Crippen molar-refractivity contribution in [1.29, 1.82) is 5.41 Å². The van der Waals surface area contributed by atoms with Gasteiger partial charge in [0.05, 0.1) is 11.8 Å². The van der Waals surface area contributed by atoms with Crippen molar-refractivity contribution in [3.8, 4) is 22.6 Å². The minimum atomic E-state index is -3.50. The van der Waals surface area contributed by atoms with Gasteiger partial charge in [-0.15, -0.1) is 0 Å². The number of aromatic carboxylic acids is 1. The molecular formula is C21H19N3O5S. The molecule has 0 amide bonds. The molecule has 8 nitrogen and oxygen atoms in total. The highest BCUT2D eigenvalue weighted by Gasteiger charge is 2.13. The lowest BCUT2D eigenvalue weighted by atomic mass is 10.0. The second-order valence-electron chi connectivity index (χ2n) is 6.51. The maximum Gasteiger partial charge on any atom is 0.335 e. The third-order valence-corrected chi connectivity index (χ3v) is 4.70. The number of sulfonamides is 1. The summed E-state index contributed by atoms with van der Waals surface area (Å²) in [5, 5.41) is 16.7. The monoisotopic (exact) mass is 425 g/mol. The van der Waals surface area contributed by atoms with E-state index in [1.807, 2.05) is 0 Å². The maximum absolute atomic E-state index is 11.6. The molecule has 9 heteroatoms. The highest BCUT2D eigenvalue weighted by Crippen LogP contribution is 2.36. The number of amidine groups is 1. The van der Waals surface area contributed by atoms with Crippen molar-refractivity contribution >= 4 is 27.5 Å². The Balaban J connectivity index is 2.06. The molecule has 0 radical (unpaired) electrons. The molecule has 0 spiro atoms. The van der Waals surface area contributed by atoms with Crippen LogP contribution in [0.1, 0.15) is 15.9 Å². The molecule has 0 fully saturated rings. The summed E-state index contributed by atoms with van der Waals surface area (Å²) in [7, 11) is -3.50. The van der Waals surface area contributed by atoms with Gasteiger partial charge in [0.2, 0.25) is 10.0 Å². The van der Waals surface area contributed by atoms with Gasteiger partial charge in [0, 0.05) is 16.8 Å². The summed E-state index contributed by atoms with van der Waals surface area (Å²) < 4.78 is 31.6. The summed E-state index contributed by atoms with van der Waals surface area (Å²) in [4.78, 5) is 11.4. The lowest BCUT2D eigenvalue weighted by molar-refractivity contribution is 0.0697. The molecule has 0 saturated carbocycles. The van der Waals surface area contributed by atoms with E-state index in [4.69, 9.17) is 15.9 Å². The summed E-state index contributed by atoms with van der Waals surface area (Å²) in [6.45, 7) is 0. The minimum absolute atomic E-state index is 0.0658. The fourth-order valence-corrected chi connectivity index (χ4v) is 3.33. The molecule has 30 heavy (non-hydrogen) atoms. The zero-order valence-corrected chi connectivity index (χ0v) is 16.7. The first-order valence-electron chi connectivity index (χ1n) is 8.70. The lowest BCUT2D eigenvalue weighted by Crippen LogP contribution is -2.10. The summed E-state index contributed by atoms with van der Waals surface area (Å²) in [6.07, 6.45) is 1.04. The fourth-order valence-electron chi connectivity index (χ4n) is 2.77. The number of ether oxygens (including phenoxy) is 1. The predicted octanol–water partition coefficient (Wildman–Crippen LogP) is 3.50. The topological polar surface area (TPSA) is 143 Å². The summed E-state index contributed by atoms with van der Waals surface area (Å²) in [5.41, 5.74) is 7.45. The van der Waals surface area contributed by atoms with Crippen molar-refractivity contribution in [2.24, 2.45) is 5.73 Å². The van der Waals surface area contributed by atoms with Crippen LogP contribution in [0.3, 0.4) is 0 Å². The van der Waals surface area contributed by atoms with Gasteiger partial charge in [-0.1, -0.05) is 12.1 Å². The normalized spacial score (nSPS) is 11.0. The predicted molar refractivity (Wildman–Crippen MR) is 115 cm³/mol. The van der Waals surface area contributed by atoms with Gasteiger partial charge in [-0.05, 0) is 60.2 Å². The van der Waals surface area contributed by atoms with E-state index in [1.54, 1.807) is 54.6 Å². The third kappa shape index (κ3) is 5.15. The van der Waals surface area contributed by atoms with Gasteiger partial charge >= 0.3 is 5.97 Å². The molecule has 0 unspecified atom stereocenters. The molecule has 154 valence electrons. The van der Waals surface area contributed by atoms with Crippen molar-refractivity contribution in [2.45, 2.75) is 0 Å². The summed E-state index contributed by atoms with van der Waals surface area (Å²) >= 11 is 0. The third-order valence-electron chi connectivity index (χ3n) is 4.10. The average Bonchev–Trinajstić information content (AvgIpc) is 2.68. The van der Waals surface area contributed by atoms with E-state index in [9.17, 15) is 18.3 Å². The first-order valence-corrected chi connectivity index (χ1v) is 10.6. The van der Waals surface area contributed by atoms with Gasteiger partial charge in [-0.3, -0.25) is 10.1 Å². The molecule has 3 aromatic rings. The van der Waals surface area contributed by atoms with E-state index in [2.05, 4.69) is 4.72 Å². The number of carboxylic acids is 1. The molecule has 3 aromatic carbocycles. The van der Waals surface area contributed by atoms with Crippen LogP contribution >= 0.6 is 0 Å². The number of nitrogens with two attached hydrogens (primary N) is 1. The Morgan fingerprint density at radius 3 is 2.33 bits per heavy atom. The SMILES string of the molecule is CS(=O)(=O)Nc1ccc(Oc2ccc(C(=N)N)cc2)c(-c2cccc(C(=O)O)c2)c1. The average molecular weight is 425 g/mol. The van der Waals surface area contributed by atoms with Gasteiger partial charge in [0.15, 0.2) is 0 Å². The number of rotatable bonds is 7. The summed E-state index contributed by atoms with van der Waals surface area (Å²) in [6, 6.07) is 17.5. The van der Waals surface area contributed by atoms with Crippen LogP contribution in [-0.4, -0.2) is 31.6 Å². The van der Waals surface area contributed by atoms with E-state index in [1.165, 1.54) is 12.1 Å². The maximum atomic E-state index is 11.6. The van der Waals surface area contributed by atoms with Crippen LogP contribution in [0.2, 0.25) is 0 Å². The minimum Gasteiger partial charge on any atom is -0.478 e. The first-order chi connectivity index (χ1) is 14.1. The van der Waals surface area contributed by atoms with Crippen molar-refractivity contribution in [2.75, 3.05) is 11.0 Å². The van der Waals surface area contributed by atoms with E-state index < -0.39 is 16.0 Å². The number of hydrogen-bond acceptors (Lipinski definition) is 5. The quantitative estimate of drug-likeness (QED) is 0.337. The van der Waals surface area contributed by atoms with Crippen LogP contribution in [0.5, 0.6) is 11.5 Å². The molecule has 0 heterocycles. The van der Waals surface area contributed by atoms with Crippen molar-refractivity contribution in [3.05, 3.63) is 77.9 Å². The molecule has 0 aliphatic heterocycles. The van der Waals surface area contributed by atoms with E-state index >= 15 is 0 Å².